The molecular weight excluding hydrogens is 346 g/mol. The van der Waals surface area contributed by atoms with Crippen LogP contribution in [0.4, 0.5) is 0 Å². The van der Waals surface area contributed by atoms with Crippen molar-refractivity contribution in [3.8, 4) is 0 Å². The van der Waals surface area contributed by atoms with E-state index in [0.29, 0.717) is 11.4 Å². The fraction of sp³-hybridized carbons (Fsp3) is 0.300. The number of hydrogen-bond acceptors (Lipinski definition) is 5. The van der Waals surface area contributed by atoms with Gasteiger partial charge in [-0.15, -0.1) is 0 Å². The zero-order valence-electron chi connectivity index (χ0n) is 14.5. The number of piperazine rings is 1. The summed E-state index contributed by atoms with van der Waals surface area (Å²) in [6, 6.07) is 14.3. The number of amidine groups is 1. The van der Waals surface area contributed by atoms with E-state index >= 15 is 0 Å². The van der Waals surface area contributed by atoms with Gasteiger partial charge in [0.25, 0.3) is 5.91 Å². The maximum absolute atomic E-state index is 12.4. The number of rotatable bonds is 3. The normalized spacial score (nSPS) is 20.2. The van der Waals surface area contributed by atoms with Crippen LogP contribution in [0.2, 0.25) is 0 Å². The Morgan fingerprint density at radius 3 is 2.65 bits per heavy atom. The minimum absolute atomic E-state index is 0.157. The van der Waals surface area contributed by atoms with Crippen molar-refractivity contribution in [3.63, 3.8) is 0 Å². The number of aliphatic imine (C=N–C) groups is 1. The van der Waals surface area contributed by atoms with E-state index in [1.165, 1.54) is 17.1 Å². The highest BCUT2D eigenvalue weighted by Gasteiger charge is 2.28. The summed E-state index contributed by atoms with van der Waals surface area (Å²) in [7, 11) is 0. The summed E-state index contributed by atoms with van der Waals surface area (Å²) in [4.78, 5) is 21.7. The molecule has 2 aliphatic rings. The lowest BCUT2D eigenvalue weighted by Gasteiger charge is -2.34. The number of nitrogens with zero attached hydrogens (tertiary/aromatic N) is 3. The van der Waals surface area contributed by atoms with Crippen molar-refractivity contribution in [2.45, 2.75) is 0 Å². The van der Waals surface area contributed by atoms with Crippen molar-refractivity contribution in [3.05, 3.63) is 52.9 Å². The molecule has 4 rings (SSSR count). The van der Waals surface area contributed by atoms with Gasteiger partial charge in [0, 0.05) is 32.7 Å². The number of aliphatic hydroxyl groups excluding tert-OH is 1. The Kier molecular flexibility index (Phi) is 5.06. The third kappa shape index (κ3) is 3.53. The molecule has 2 heterocycles. The lowest BCUT2D eigenvalue weighted by molar-refractivity contribution is -0.113. The van der Waals surface area contributed by atoms with Crippen LogP contribution in [0.3, 0.4) is 0 Å². The number of β-amino-alcohol motifs (C(OH)–C–C–N with tert-alkyl or cyclic N) is 1. The van der Waals surface area contributed by atoms with Crippen molar-refractivity contribution >= 4 is 39.7 Å². The van der Waals surface area contributed by atoms with Crippen molar-refractivity contribution in [2.75, 3.05) is 39.3 Å². The minimum Gasteiger partial charge on any atom is -0.395 e. The Morgan fingerprint density at radius 1 is 1.08 bits per heavy atom. The second-order valence-electron chi connectivity index (χ2n) is 6.43. The largest absolute Gasteiger partial charge is 0.395 e. The number of thioether (sulfide) groups is 1. The Labute approximate surface area is 157 Å². The van der Waals surface area contributed by atoms with E-state index in [4.69, 9.17) is 5.11 Å². The molecule has 1 saturated heterocycles. The fourth-order valence-electron chi connectivity index (χ4n) is 3.35. The van der Waals surface area contributed by atoms with Gasteiger partial charge in [0.2, 0.25) is 0 Å². The maximum atomic E-state index is 12.4. The van der Waals surface area contributed by atoms with E-state index < -0.39 is 0 Å². The third-order valence-electron chi connectivity index (χ3n) is 4.78. The highest BCUT2D eigenvalue weighted by atomic mass is 32.2. The predicted molar refractivity (Wildman–Crippen MR) is 107 cm³/mol. The molecule has 0 aliphatic carbocycles. The molecular formula is C20H21N3O2S. The number of carbonyl (C=O) groups is 1. The summed E-state index contributed by atoms with van der Waals surface area (Å²) < 4.78 is 0. The Bertz CT molecular complexity index is 880. The van der Waals surface area contributed by atoms with Crippen molar-refractivity contribution in [2.24, 2.45) is 4.99 Å². The van der Waals surface area contributed by atoms with Gasteiger partial charge in [-0.1, -0.05) is 42.5 Å². The topological polar surface area (TPSA) is 56.1 Å². The van der Waals surface area contributed by atoms with Crippen LogP contribution in [0.25, 0.3) is 16.8 Å². The zero-order valence-corrected chi connectivity index (χ0v) is 15.3. The number of benzene rings is 2. The fourth-order valence-corrected chi connectivity index (χ4v) is 4.31. The van der Waals surface area contributed by atoms with Crippen LogP contribution < -0.4 is 0 Å². The van der Waals surface area contributed by atoms with Crippen LogP contribution in [-0.4, -0.2) is 65.3 Å². The van der Waals surface area contributed by atoms with Gasteiger partial charge < -0.3 is 10.0 Å². The highest BCUT2D eigenvalue weighted by molar-refractivity contribution is 8.18. The molecule has 26 heavy (non-hydrogen) atoms. The molecule has 0 atom stereocenters. The van der Waals surface area contributed by atoms with E-state index in [1.807, 2.05) is 30.3 Å². The number of amides is 1. The summed E-state index contributed by atoms with van der Waals surface area (Å²) in [5, 5.41) is 12.1. The highest BCUT2D eigenvalue weighted by Crippen LogP contribution is 2.32. The van der Waals surface area contributed by atoms with E-state index in [0.717, 1.165) is 42.3 Å². The van der Waals surface area contributed by atoms with Crippen LogP contribution in [0, 0.1) is 0 Å². The van der Waals surface area contributed by atoms with Crippen LogP contribution in [0.5, 0.6) is 0 Å². The molecule has 134 valence electrons. The summed E-state index contributed by atoms with van der Waals surface area (Å²) >= 11 is 1.46. The Balaban J connectivity index is 1.50. The van der Waals surface area contributed by atoms with Crippen molar-refractivity contribution in [1.82, 2.24) is 9.80 Å². The SMILES string of the molecule is O=C1N=C(N2CCN(CCO)CC2)SC1=Cc1cccc2ccccc12. The minimum atomic E-state index is -0.157. The quantitative estimate of drug-likeness (QED) is 0.845. The predicted octanol–water partition coefficient (Wildman–Crippen LogP) is 2.42. The molecule has 2 aliphatic heterocycles. The van der Waals surface area contributed by atoms with Gasteiger partial charge in [-0.2, -0.15) is 4.99 Å². The second kappa shape index (κ2) is 7.61. The standard InChI is InChI=1S/C20H21N3O2S/c24-13-12-22-8-10-23(11-9-22)20-21-19(25)18(26-20)14-16-6-3-5-15-4-1-2-7-17(15)16/h1-7,14,24H,8-13H2. The van der Waals surface area contributed by atoms with E-state index in [9.17, 15) is 4.79 Å². The molecule has 6 heteroatoms. The molecule has 0 aromatic heterocycles. The number of fused-ring (bicyclic) bond motifs is 1. The van der Waals surface area contributed by atoms with Crippen LogP contribution in [-0.2, 0) is 4.79 Å². The lowest BCUT2D eigenvalue weighted by Crippen LogP contribution is -2.48. The van der Waals surface area contributed by atoms with Crippen LogP contribution >= 0.6 is 11.8 Å². The Hall–Kier alpha value is -2.15. The molecule has 1 fully saturated rings. The van der Waals surface area contributed by atoms with Gasteiger partial charge in [0.1, 0.15) is 0 Å². The molecule has 0 unspecified atom stereocenters. The monoisotopic (exact) mass is 367 g/mol. The number of hydrogen-bond donors (Lipinski definition) is 1. The van der Waals surface area contributed by atoms with Gasteiger partial charge in [-0.3, -0.25) is 9.69 Å². The molecule has 5 nitrogen and oxygen atoms in total. The molecule has 1 N–H and O–H groups in total. The smallest absolute Gasteiger partial charge is 0.286 e. The average Bonchev–Trinajstić information content (AvgIpc) is 3.03. The van der Waals surface area contributed by atoms with Crippen LogP contribution in [0.1, 0.15) is 5.56 Å². The first-order valence-corrected chi connectivity index (χ1v) is 9.65. The molecule has 0 bridgehead atoms. The second-order valence-corrected chi connectivity index (χ2v) is 7.44. The first kappa shape index (κ1) is 17.3. The van der Waals surface area contributed by atoms with E-state index in [-0.39, 0.29) is 12.5 Å². The van der Waals surface area contributed by atoms with Gasteiger partial charge in [-0.05, 0) is 34.2 Å². The first-order chi connectivity index (χ1) is 12.7. The van der Waals surface area contributed by atoms with Gasteiger partial charge in [0.05, 0.1) is 11.5 Å². The molecule has 0 radical (unpaired) electrons. The number of aliphatic hydroxyl groups is 1. The molecule has 2 aromatic rings. The van der Waals surface area contributed by atoms with Crippen molar-refractivity contribution in [1.29, 1.82) is 0 Å². The number of carbonyl (C=O) groups excluding carboxylic acids is 1. The van der Waals surface area contributed by atoms with Gasteiger partial charge in [0.15, 0.2) is 5.17 Å². The lowest BCUT2D eigenvalue weighted by atomic mass is 10.0. The summed E-state index contributed by atoms with van der Waals surface area (Å²) in [6.45, 7) is 4.33. The Morgan fingerprint density at radius 2 is 1.85 bits per heavy atom. The first-order valence-electron chi connectivity index (χ1n) is 8.83. The molecule has 1 amide bonds. The van der Waals surface area contributed by atoms with E-state index in [2.05, 4.69) is 33.0 Å². The summed E-state index contributed by atoms with van der Waals surface area (Å²) in [5.41, 5.74) is 1.04. The van der Waals surface area contributed by atoms with Gasteiger partial charge >= 0.3 is 0 Å². The molecule has 0 saturated carbocycles. The van der Waals surface area contributed by atoms with E-state index in [1.54, 1.807) is 0 Å². The van der Waals surface area contributed by atoms with Crippen molar-refractivity contribution < 1.29 is 9.90 Å². The van der Waals surface area contributed by atoms with Gasteiger partial charge in [-0.25, -0.2) is 0 Å². The molecule has 2 aromatic carbocycles. The maximum Gasteiger partial charge on any atom is 0.286 e. The van der Waals surface area contributed by atoms with Crippen LogP contribution in [0.15, 0.2) is 52.4 Å². The molecule has 0 spiro atoms. The third-order valence-corrected chi connectivity index (χ3v) is 5.82. The summed E-state index contributed by atoms with van der Waals surface area (Å²) in [6.07, 6.45) is 1.95. The zero-order chi connectivity index (χ0) is 17.9. The summed E-state index contributed by atoms with van der Waals surface area (Å²) in [5.74, 6) is -0.157. The average molecular weight is 367 g/mol.